The van der Waals surface area contributed by atoms with Gasteiger partial charge in [0.05, 0.1) is 0 Å². The predicted molar refractivity (Wildman–Crippen MR) is 135 cm³/mol. The van der Waals surface area contributed by atoms with Crippen LogP contribution in [0.4, 0.5) is 4.79 Å². The number of thioether (sulfide) groups is 1. The van der Waals surface area contributed by atoms with Crippen LogP contribution in [-0.2, 0) is 23.9 Å². The number of amides is 4. The van der Waals surface area contributed by atoms with Crippen molar-refractivity contribution in [1.29, 1.82) is 0 Å². The van der Waals surface area contributed by atoms with Crippen LogP contribution in [-0.4, -0.2) is 77.2 Å². The van der Waals surface area contributed by atoms with Crippen LogP contribution in [0, 0.1) is 11.8 Å². The smallest absolute Gasteiger partial charge is 0.408 e. The molecular weight excluding hydrogens is 476 g/mol. The number of rotatable bonds is 14. The molecule has 0 aromatic heterocycles. The lowest BCUT2D eigenvalue weighted by atomic mass is 10.0. The molecule has 0 aliphatic carbocycles. The highest BCUT2D eigenvalue weighted by atomic mass is 32.2. The van der Waals surface area contributed by atoms with Crippen molar-refractivity contribution in [2.24, 2.45) is 11.8 Å². The molecule has 0 unspecified atom stereocenters. The average Bonchev–Trinajstić information content (AvgIpc) is 2.70. The fraction of sp³-hybridized carbons (Fsp3) is 0.783. The van der Waals surface area contributed by atoms with Crippen LogP contribution in [0.15, 0.2) is 0 Å². The zero-order chi connectivity index (χ0) is 27.3. The molecule has 3 atom stereocenters. The van der Waals surface area contributed by atoms with Gasteiger partial charge in [-0.3, -0.25) is 19.2 Å². The molecule has 0 fully saturated rings. The largest absolute Gasteiger partial charge is 0.480 e. The molecule has 0 aliphatic heterocycles. The molecule has 0 aromatic rings. The number of nitrogens with one attached hydrogen (secondary N) is 4. The maximum Gasteiger partial charge on any atom is 0.408 e. The number of carbonyl (C=O) groups is 5. The fourth-order valence-electron chi connectivity index (χ4n) is 2.99. The van der Waals surface area contributed by atoms with Gasteiger partial charge in [0.1, 0.15) is 30.3 Å². The van der Waals surface area contributed by atoms with Crippen molar-refractivity contribution >= 4 is 41.5 Å². The maximum atomic E-state index is 13.1. The number of aliphatic carboxylic acids is 1. The van der Waals surface area contributed by atoms with E-state index in [1.165, 1.54) is 11.8 Å². The van der Waals surface area contributed by atoms with Gasteiger partial charge in [-0.2, -0.15) is 11.8 Å². The van der Waals surface area contributed by atoms with E-state index in [0.29, 0.717) is 18.6 Å². The molecule has 0 saturated carbocycles. The van der Waals surface area contributed by atoms with Crippen molar-refractivity contribution < 1.29 is 33.8 Å². The van der Waals surface area contributed by atoms with Crippen molar-refractivity contribution in [3.8, 4) is 0 Å². The second kappa shape index (κ2) is 15.5. The molecule has 35 heavy (non-hydrogen) atoms. The second-order valence-electron chi connectivity index (χ2n) is 10.0. The fourth-order valence-corrected chi connectivity index (χ4v) is 3.46. The Balaban J connectivity index is 5.54. The predicted octanol–water partition coefficient (Wildman–Crippen LogP) is 1.51. The highest BCUT2D eigenvalue weighted by Crippen LogP contribution is 2.11. The summed E-state index contributed by atoms with van der Waals surface area (Å²) < 4.78 is 5.26. The molecule has 0 heterocycles. The molecule has 0 bridgehead atoms. The lowest BCUT2D eigenvalue weighted by Gasteiger charge is -2.27. The number of carboxylic acid groups (broad SMARTS) is 1. The zero-order valence-electron chi connectivity index (χ0n) is 22.0. The van der Waals surface area contributed by atoms with E-state index in [0.717, 1.165) is 0 Å². The Morgan fingerprint density at radius 1 is 0.886 bits per heavy atom. The Kier molecular flexibility index (Phi) is 14.4. The highest BCUT2D eigenvalue weighted by molar-refractivity contribution is 7.98. The Morgan fingerprint density at radius 3 is 1.91 bits per heavy atom. The van der Waals surface area contributed by atoms with E-state index in [1.807, 2.05) is 20.1 Å². The lowest BCUT2D eigenvalue weighted by molar-refractivity contribution is -0.139. The van der Waals surface area contributed by atoms with E-state index < -0.39 is 60.1 Å². The third-order valence-corrected chi connectivity index (χ3v) is 5.26. The van der Waals surface area contributed by atoms with Gasteiger partial charge in [-0.1, -0.05) is 27.7 Å². The molecule has 0 spiro atoms. The van der Waals surface area contributed by atoms with Crippen LogP contribution in [0.25, 0.3) is 0 Å². The van der Waals surface area contributed by atoms with Crippen LogP contribution < -0.4 is 21.3 Å². The Hall–Kier alpha value is -2.50. The van der Waals surface area contributed by atoms with E-state index in [9.17, 15) is 24.0 Å². The molecule has 12 heteroatoms. The summed E-state index contributed by atoms with van der Waals surface area (Å²) >= 11 is 1.49. The Morgan fingerprint density at radius 2 is 1.46 bits per heavy atom. The molecule has 5 N–H and O–H groups in total. The molecule has 0 radical (unpaired) electrons. The minimum atomic E-state index is -1.20. The average molecular weight is 519 g/mol. The van der Waals surface area contributed by atoms with E-state index in [-0.39, 0.29) is 11.8 Å². The highest BCUT2D eigenvalue weighted by Gasteiger charge is 2.31. The minimum Gasteiger partial charge on any atom is -0.480 e. The minimum absolute atomic E-state index is 0.0717. The molecule has 0 rings (SSSR count). The number of ether oxygens (including phenoxy) is 1. The number of carboxylic acids is 1. The van der Waals surface area contributed by atoms with Gasteiger partial charge in [0.15, 0.2) is 0 Å². The second-order valence-corrected chi connectivity index (χ2v) is 11.0. The first kappa shape index (κ1) is 32.5. The molecule has 11 nitrogen and oxygen atoms in total. The molecular formula is C23H42N4O7S. The van der Waals surface area contributed by atoms with Gasteiger partial charge in [0.2, 0.25) is 17.7 Å². The van der Waals surface area contributed by atoms with Crippen LogP contribution in [0.2, 0.25) is 0 Å². The summed E-state index contributed by atoms with van der Waals surface area (Å²) in [6.07, 6.45) is 1.74. The van der Waals surface area contributed by atoms with Crippen molar-refractivity contribution in [3.05, 3.63) is 0 Å². The summed E-state index contributed by atoms with van der Waals surface area (Å²) in [6, 6.07) is -2.87. The van der Waals surface area contributed by atoms with Gasteiger partial charge in [-0.25, -0.2) is 4.79 Å². The first-order chi connectivity index (χ1) is 16.1. The maximum absolute atomic E-state index is 13.1. The standard InChI is InChI=1S/C23H42N4O7S/c1-13(2)11-16(26-22(33)34-23(5,6)7)20(31)25-15(9-10-35-8)19(30)27-18(14(3)4)21(32)24-12-17(28)29/h13-16,18H,9-12H2,1-8H3,(H,24,32)(H,25,31)(H,26,33)(H,27,30)(H,28,29)/t15-,16-,18-/m0/s1. The van der Waals surface area contributed by atoms with Gasteiger partial charge in [0.25, 0.3) is 0 Å². The third-order valence-electron chi connectivity index (χ3n) is 4.62. The quantitative estimate of drug-likeness (QED) is 0.231. The number of alkyl carbamates (subject to hydrolysis) is 1. The molecule has 0 saturated heterocycles. The van der Waals surface area contributed by atoms with Crippen molar-refractivity contribution in [1.82, 2.24) is 21.3 Å². The zero-order valence-corrected chi connectivity index (χ0v) is 22.8. The van der Waals surface area contributed by atoms with Crippen molar-refractivity contribution in [2.75, 3.05) is 18.6 Å². The van der Waals surface area contributed by atoms with Gasteiger partial charge >= 0.3 is 12.1 Å². The topological polar surface area (TPSA) is 163 Å². The Bertz CT molecular complexity index is 738. The molecule has 4 amide bonds. The van der Waals surface area contributed by atoms with Gasteiger partial charge in [0, 0.05) is 0 Å². The SMILES string of the molecule is CSCC[C@H](NC(=O)[C@H](CC(C)C)NC(=O)OC(C)(C)C)C(=O)N[C@H](C(=O)NCC(=O)O)C(C)C. The van der Waals surface area contributed by atoms with Crippen LogP contribution in [0.1, 0.15) is 61.3 Å². The van der Waals surface area contributed by atoms with Crippen LogP contribution in [0.5, 0.6) is 0 Å². The van der Waals surface area contributed by atoms with E-state index >= 15 is 0 Å². The Labute approximate surface area is 212 Å². The monoisotopic (exact) mass is 518 g/mol. The van der Waals surface area contributed by atoms with Gasteiger partial charge in [-0.05, 0) is 57.5 Å². The van der Waals surface area contributed by atoms with Crippen LogP contribution in [0.3, 0.4) is 0 Å². The van der Waals surface area contributed by atoms with E-state index in [2.05, 4.69) is 21.3 Å². The van der Waals surface area contributed by atoms with Gasteiger partial charge in [-0.15, -0.1) is 0 Å². The number of carbonyl (C=O) groups excluding carboxylic acids is 4. The lowest BCUT2D eigenvalue weighted by Crippen LogP contribution is -2.58. The third kappa shape index (κ3) is 14.5. The molecule has 202 valence electrons. The first-order valence-corrected chi connectivity index (χ1v) is 13.0. The van der Waals surface area contributed by atoms with Gasteiger partial charge < -0.3 is 31.1 Å². The summed E-state index contributed by atoms with van der Waals surface area (Å²) in [7, 11) is 0. The van der Waals surface area contributed by atoms with E-state index in [4.69, 9.17) is 9.84 Å². The number of hydrogen-bond acceptors (Lipinski definition) is 7. The first-order valence-electron chi connectivity index (χ1n) is 11.7. The summed E-state index contributed by atoms with van der Waals surface area (Å²) in [5.41, 5.74) is -0.739. The molecule has 0 aliphatic rings. The van der Waals surface area contributed by atoms with E-state index in [1.54, 1.807) is 34.6 Å². The molecule has 0 aromatic carbocycles. The van der Waals surface area contributed by atoms with Crippen LogP contribution >= 0.6 is 11.8 Å². The van der Waals surface area contributed by atoms with Crippen molar-refractivity contribution in [3.63, 3.8) is 0 Å². The summed E-state index contributed by atoms with van der Waals surface area (Å²) in [4.78, 5) is 61.6. The summed E-state index contributed by atoms with van der Waals surface area (Å²) in [5.74, 6) is -2.64. The normalized spacial score (nSPS) is 14.0. The summed E-state index contributed by atoms with van der Waals surface area (Å²) in [5, 5.41) is 19.0. The van der Waals surface area contributed by atoms with Crippen molar-refractivity contribution in [2.45, 2.75) is 85.0 Å². The summed E-state index contributed by atoms with van der Waals surface area (Å²) in [6.45, 7) is 11.8. The number of hydrogen-bond donors (Lipinski definition) is 5.